The van der Waals surface area contributed by atoms with Crippen molar-refractivity contribution in [2.24, 2.45) is 5.73 Å². The van der Waals surface area contributed by atoms with Crippen molar-refractivity contribution in [3.8, 4) is 0 Å². The summed E-state index contributed by atoms with van der Waals surface area (Å²) in [6, 6.07) is 12.6. The predicted octanol–water partition coefficient (Wildman–Crippen LogP) is 3.55. The fourth-order valence-electron chi connectivity index (χ4n) is 4.03. The first-order chi connectivity index (χ1) is 13.2. The third-order valence-electron chi connectivity index (χ3n) is 5.29. The first kappa shape index (κ1) is 17.7. The van der Waals surface area contributed by atoms with Gasteiger partial charge < -0.3 is 10.7 Å². The second-order valence-corrected chi connectivity index (χ2v) is 7.26. The number of aryl methyl sites for hydroxylation is 1. The molecule has 3 aromatic rings. The molecule has 4 N–H and O–H groups in total. The Labute approximate surface area is 159 Å². The average molecular weight is 362 g/mol. The fraction of sp³-hybridized carbons (Fsp3) is 0.381. The summed E-state index contributed by atoms with van der Waals surface area (Å²) in [7, 11) is 0. The van der Waals surface area contributed by atoms with Crippen LogP contribution in [0.4, 0.5) is 0 Å². The van der Waals surface area contributed by atoms with Crippen LogP contribution in [0.15, 0.2) is 42.6 Å². The second-order valence-electron chi connectivity index (χ2n) is 7.26. The second kappa shape index (κ2) is 7.88. The lowest BCUT2D eigenvalue weighted by Gasteiger charge is -2.34. The summed E-state index contributed by atoms with van der Waals surface area (Å²) < 4.78 is 0. The first-order valence-corrected chi connectivity index (χ1v) is 9.65. The number of nitrogens with one attached hydrogen (secondary N) is 2. The Morgan fingerprint density at radius 3 is 3.00 bits per heavy atom. The van der Waals surface area contributed by atoms with Crippen LogP contribution in [0.3, 0.4) is 0 Å². The highest BCUT2D eigenvalue weighted by atomic mass is 15.2. The lowest BCUT2D eigenvalue weighted by Crippen LogP contribution is -2.33. The van der Waals surface area contributed by atoms with Gasteiger partial charge in [0.1, 0.15) is 5.82 Å². The predicted molar refractivity (Wildman–Crippen MR) is 108 cm³/mol. The monoisotopic (exact) mass is 362 g/mol. The van der Waals surface area contributed by atoms with Gasteiger partial charge in [-0.25, -0.2) is 4.98 Å². The van der Waals surface area contributed by atoms with Gasteiger partial charge in [-0.3, -0.25) is 15.3 Å². The lowest BCUT2D eigenvalue weighted by atomic mass is 9.90. The smallest absolute Gasteiger partial charge is 0.121 e. The number of benzene rings is 1. The molecule has 1 aliphatic carbocycles. The van der Waals surface area contributed by atoms with Crippen LogP contribution in [-0.4, -0.2) is 32.2 Å². The molecule has 140 valence electrons. The van der Waals surface area contributed by atoms with Crippen molar-refractivity contribution in [1.82, 2.24) is 19.9 Å². The van der Waals surface area contributed by atoms with Gasteiger partial charge in [-0.1, -0.05) is 18.2 Å². The number of fused-ring (bicyclic) bond motifs is 2. The largest absolute Gasteiger partial charge is 0.388 e. The average Bonchev–Trinajstić information content (AvgIpc) is 3.09. The number of hydrogen-bond acceptors (Lipinski definition) is 4. The summed E-state index contributed by atoms with van der Waals surface area (Å²) in [6.45, 7) is 1.62. The zero-order valence-electron chi connectivity index (χ0n) is 15.5. The number of nitrogens with two attached hydrogens (primary N) is 1. The maximum atomic E-state index is 7.52. The minimum absolute atomic E-state index is 0.251. The van der Waals surface area contributed by atoms with Gasteiger partial charge in [-0.05, 0) is 56.0 Å². The highest BCUT2D eigenvalue weighted by molar-refractivity contribution is 5.76. The number of amidine groups is 1. The number of H-pyrrole nitrogens is 1. The number of rotatable bonds is 7. The molecular weight excluding hydrogens is 336 g/mol. The number of pyridine rings is 1. The third kappa shape index (κ3) is 4.01. The Kier molecular flexibility index (Phi) is 5.16. The van der Waals surface area contributed by atoms with E-state index in [1.807, 2.05) is 30.5 Å². The normalized spacial score (nSPS) is 16.6. The topological polar surface area (TPSA) is 94.7 Å². The van der Waals surface area contributed by atoms with E-state index < -0.39 is 0 Å². The van der Waals surface area contributed by atoms with Crippen molar-refractivity contribution in [1.29, 1.82) is 5.41 Å². The molecule has 6 heteroatoms. The van der Waals surface area contributed by atoms with E-state index >= 15 is 0 Å². The molecule has 0 bridgehead atoms. The molecule has 0 saturated carbocycles. The SMILES string of the molecule is N=C(N)CCCN(Cc1nc2ccccc2[nH]1)C1CCCc2cccnc21. The van der Waals surface area contributed by atoms with Crippen molar-refractivity contribution in [2.45, 2.75) is 44.7 Å². The van der Waals surface area contributed by atoms with Crippen molar-refractivity contribution in [3.05, 3.63) is 59.7 Å². The van der Waals surface area contributed by atoms with Gasteiger partial charge in [-0.15, -0.1) is 0 Å². The minimum Gasteiger partial charge on any atom is -0.388 e. The van der Waals surface area contributed by atoms with Gasteiger partial charge >= 0.3 is 0 Å². The zero-order chi connectivity index (χ0) is 18.6. The van der Waals surface area contributed by atoms with E-state index in [9.17, 15) is 0 Å². The zero-order valence-corrected chi connectivity index (χ0v) is 15.5. The van der Waals surface area contributed by atoms with Crippen molar-refractivity contribution >= 4 is 16.9 Å². The van der Waals surface area contributed by atoms with E-state index in [1.54, 1.807) is 0 Å². The Morgan fingerprint density at radius 1 is 1.26 bits per heavy atom. The van der Waals surface area contributed by atoms with Gasteiger partial charge in [0.15, 0.2) is 0 Å². The lowest BCUT2D eigenvalue weighted by molar-refractivity contribution is 0.161. The van der Waals surface area contributed by atoms with Crippen molar-refractivity contribution in [2.75, 3.05) is 6.54 Å². The summed E-state index contributed by atoms with van der Waals surface area (Å²) >= 11 is 0. The molecule has 2 heterocycles. The molecule has 0 fully saturated rings. The summed E-state index contributed by atoms with van der Waals surface area (Å²) in [5.74, 6) is 1.22. The molecule has 0 saturated heterocycles. The van der Waals surface area contributed by atoms with Crippen LogP contribution in [0, 0.1) is 5.41 Å². The number of hydrogen-bond donors (Lipinski definition) is 3. The Balaban J connectivity index is 1.59. The maximum Gasteiger partial charge on any atom is 0.121 e. The number of para-hydroxylation sites is 2. The third-order valence-corrected chi connectivity index (χ3v) is 5.29. The number of nitrogens with zero attached hydrogens (tertiary/aromatic N) is 3. The van der Waals surface area contributed by atoms with Crippen molar-refractivity contribution in [3.63, 3.8) is 0 Å². The Morgan fingerprint density at radius 2 is 2.15 bits per heavy atom. The first-order valence-electron chi connectivity index (χ1n) is 9.65. The van der Waals surface area contributed by atoms with E-state index in [2.05, 4.69) is 22.0 Å². The standard InChI is InChI=1S/C21H26N6/c22-19(23)11-5-13-27(14-20-25-16-8-1-2-9-17(16)26-20)18-10-3-6-15-7-4-12-24-21(15)18/h1-2,4,7-9,12,18H,3,5-6,10-11,13-14H2,(H3,22,23)(H,25,26). The summed E-state index contributed by atoms with van der Waals surface area (Å²) in [5, 5.41) is 7.52. The number of aromatic nitrogens is 3. The minimum atomic E-state index is 0.251. The van der Waals surface area contributed by atoms with Crippen LogP contribution in [0.2, 0.25) is 0 Å². The summed E-state index contributed by atoms with van der Waals surface area (Å²) in [6.07, 6.45) is 6.77. The fourth-order valence-corrected chi connectivity index (χ4v) is 4.03. The van der Waals surface area contributed by atoms with E-state index in [0.717, 1.165) is 49.2 Å². The van der Waals surface area contributed by atoms with Crippen LogP contribution < -0.4 is 5.73 Å². The molecule has 0 spiro atoms. The highest BCUT2D eigenvalue weighted by Crippen LogP contribution is 2.33. The van der Waals surface area contributed by atoms with Crippen LogP contribution in [0.25, 0.3) is 11.0 Å². The molecule has 27 heavy (non-hydrogen) atoms. The Hall–Kier alpha value is -2.73. The van der Waals surface area contributed by atoms with Crippen molar-refractivity contribution < 1.29 is 0 Å². The molecule has 0 aliphatic heterocycles. The van der Waals surface area contributed by atoms with E-state index in [1.165, 1.54) is 17.7 Å². The molecule has 1 aliphatic rings. The molecule has 1 atom stereocenters. The molecule has 4 rings (SSSR count). The molecule has 1 unspecified atom stereocenters. The molecule has 0 radical (unpaired) electrons. The van der Waals surface area contributed by atoms with Crippen LogP contribution in [0.5, 0.6) is 0 Å². The highest BCUT2D eigenvalue weighted by Gasteiger charge is 2.27. The Bertz CT molecular complexity index is 898. The van der Waals surface area contributed by atoms with Gasteiger partial charge in [0.05, 0.1) is 35.1 Å². The van der Waals surface area contributed by atoms with Crippen LogP contribution >= 0.6 is 0 Å². The van der Waals surface area contributed by atoms with E-state index in [4.69, 9.17) is 21.1 Å². The summed E-state index contributed by atoms with van der Waals surface area (Å²) in [5.41, 5.74) is 10.2. The van der Waals surface area contributed by atoms with Crippen LogP contribution in [-0.2, 0) is 13.0 Å². The maximum absolute atomic E-state index is 7.52. The van der Waals surface area contributed by atoms with Gasteiger partial charge in [0.25, 0.3) is 0 Å². The van der Waals surface area contributed by atoms with Crippen LogP contribution in [0.1, 0.15) is 48.8 Å². The quantitative estimate of drug-likeness (QED) is 0.442. The molecule has 2 aromatic heterocycles. The summed E-state index contributed by atoms with van der Waals surface area (Å²) in [4.78, 5) is 15.4. The number of imidazole rings is 1. The van der Waals surface area contributed by atoms with Gasteiger partial charge in [0.2, 0.25) is 0 Å². The van der Waals surface area contributed by atoms with Gasteiger partial charge in [0, 0.05) is 12.6 Å². The van der Waals surface area contributed by atoms with Gasteiger partial charge in [-0.2, -0.15) is 0 Å². The molecule has 6 nitrogen and oxygen atoms in total. The van der Waals surface area contributed by atoms with E-state index in [-0.39, 0.29) is 11.9 Å². The molecular formula is C21H26N6. The molecule has 1 aromatic carbocycles. The molecule has 0 amide bonds. The van der Waals surface area contributed by atoms with E-state index in [0.29, 0.717) is 6.42 Å². The number of aromatic amines is 1.